The van der Waals surface area contributed by atoms with E-state index in [9.17, 15) is 5.11 Å². The summed E-state index contributed by atoms with van der Waals surface area (Å²) in [6.45, 7) is 2.91. The fourth-order valence-electron chi connectivity index (χ4n) is 1.55. The molecule has 0 saturated carbocycles. The number of hydrogen-bond acceptors (Lipinski definition) is 4. The van der Waals surface area contributed by atoms with Crippen molar-refractivity contribution in [3.8, 4) is 18.1 Å². The van der Waals surface area contributed by atoms with E-state index in [4.69, 9.17) is 11.5 Å². The second kappa shape index (κ2) is 6.89. The first kappa shape index (κ1) is 13.5. The van der Waals surface area contributed by atoms with Gasteiger partial charge in [-0.15, -0.1) is 12.3 Å². The Balaban J connectivity index is 2.63. The summed E-state index contributed by atoms with van der Waals surface area (Å²) in [4.78, 5) is 4.00. The SMILES string of the molecule is C#CCCCNCc1c(CO)cnc(C)c1O. The number of nitrogens with zero attached hydrogens (tertiary/aromatic N) is 1. The van der Waals surface area contributed by atoms with Gasteiger partial charge in [-0.1, -0.05) is 0 Å². The summed E-state index contributed by atoms with van der Waals surface area (Å²) >= 11 is 0. The van der Waals surface area contributed by atoms with E-state index in [1.807, 2.05) is 0 Å². The van der Waals surface area contributed by atoms with E-state index in [2.05, 4.69) is 16.2 Å². The van der Waals surface area contributed by atoms with E-state index in [0.29, 0.717) is 23.4 Å². The van der Waals surface area contributed by atoms with Crippen molar-refractivity contribution in [2.75, 3.05) is 6.54 Å². The number of hydrogen-bond donors (Lipinski definition) is 3. The Bertz CT molecular complexity index is 411. The Morgan fingerprint density at radius 1 is 1.53 bits per heavy atom. The molecule has 0 saturated heterocycles. The molecule has 0 aliphatic heterocycles. The van der Waals surface area contributed by atoms with E-state index in [1.54, 1.807) is 13.1 Å². The van der Waals surface area contributed by atoms with Gasteiger partial charge in [-0.05, 0) is 19.9 Å². The Labute approximate surface area is 102 Å². The number of terminal acetylenes is 1. The summed E-state index contributed by atoms with van der Waals surface area (Å²) in [5.74, 6) is 2.72. The first-order valence-corrected chi connectivity index (χ1v) is 5.62. The molecular formula is C13H18N2O2. The van der Waals surface area contributed by atoms with Crippen LogP contribution in [0.25, 0.3) is 0 Å². The van der Waals surface area contributed by atoms with Gasteiger partial charge < -0.3 is 15.5 Å². The van der Waals surface area contributed by atoms with Gasteiger partial charge >= 0.3 is 0 Å². The molecule has 0 fully saturated rings. The van der Waals surface area contributed by atoms with Crippen molar-refractivity contribution in [2.45, 2.75) is 32.9 Å². The summed E-state index contributed by atoms with van der Waals surface area (Å²) in [6.07, 6.45) is 8.38. The van der Waals surface area contributed by atoms with Crippen LogP contribution in [0, 0.1) is 19.3 Å². The maximum Gasteiger partial charge on any atom is 0.141 e. The van der Waals surface area contributed by atoms with Crippen molar-refractivity contribution >= 4 is 0 Å². The van der Waals surface area contributed by atoms with Crippen molar-refractivity contribution in [3.63, 3.8) is 0 Å². The fourth-order valence-corrected chi connectivity index (χ4v) is 1.55. The highest BCUT2D eigenvalue weighted by molar-refractivity contribution is 5.40. The van der Waals surface area contributed by atoms with Crippen LogP contribution < -0.4 is 5.32 Å². The summed E-state index contributed by atoms with van der Waals surface area (Å²) in [5.41, 5.74) is 1.93. The van der Waals surface area contributed by atoms with Gasteiger partial charge in [0, 0.05) is 30.3 Å². The summed E-state index contributed by atoms with van der Waals surface area (Å²) in [7, 11) is 0. The molecule has 0 aromatic carbocycles. The van der Waals surface area contributed by atoms with Gasteiger partial charge in [0.1, 0.15) is 5.75 Å². The quantitative estimate of drug-likeness (QED) is 0.509. The topological polar surface area (TPSA) is 65.4 Å². The number of aliphatic hydroxyl groups excluding tert-OH is 1. The van der Waals surface area contributed by atoms with E-state index in [-0.39, 0.29) is 12.4 Å². The molecule has 0 aliphatic carbocycles. The number of pyridine rings is 1. The monoisotopic (exact) mass is 234 g/mol. The van der Waals surface area contributed by atoms with Gasteiger partial charge in [0.25, 0.3) is 0 Å². The number of aromatic nitrogens is 1. The van der Waals surface area contributed by atoms with Crippen molar-refractivity contribution < 1.29 is 10.2 Å². The van der Waals surface area contributed by atoms with Crippen LogP contribution in [0.1, 0.15) is 29.7 Å². The Morgan fingerprint density at radius 2 is 2.29 bits per heavy atom. The first-order valence-electron chi connectivity index (χ1n) is 5.62. The molecule has 1 heterocycles. The second-order valence-corrected chi connectivity index (χ2v) is 3.84. The molecule has 0 spiro atoms. The van der Waals surface area contributed by atoms with E-state index in [1.165, 1.54) is 0 Å². The average Bonchev–Trinajstić information content (AvgIpc) is 2.34. The fraction of sp³-hybridized carbons (Fsp3) is 0.462. The number of aromatic hydroxyl groups is 1. The van der Waals surface area contributed by atoms with Crippen LogP contribution in [0.4, 0.5) is 0 Å². The van der Waals surface area contributed by atoms with Crippen LogP contribution >= 0.6 is 0 Å². The highest BCUT2D eigenvalue weighted by Crippen LogP contribution is 2.23. The number of nitrogens with one attached hydrogen (secondary N) is 1. The van der Waals surface area contributed by atoms with E-state index in [0.717, 1.165) is 19.4 Å². The Morgan fingerprint density at radius 3 is 2.94 bits per heavy atom. The lowest BCUT2D eigenvalue weighted by Crippen LogP contribution is -2.16. The van der Waals surface area contributed by atoms with Gasteiger partial charge in [0.15, 0.2) is 0 Å². The van der Waals surface area contributed by atoms with Crippen LogP contribution in [0.2, 0.25) is 0 Å². The molecule has 1 aromatic rings. The lowest BCUT2D eigenvalue weighted by atomic mass is 10.1. The molecule has 1 rings (SSSR count). The van der Waals surface area contributed by atoms with E-state index >= 15 is 0 Å². The van der Waals surface area contributed by atoms with Crippen molar-refractivity contribution in [1.29, 1.82) is 0 Å². The third kappa shape index (κ3) is 3.74. The van der Waals surface area contributed by atoms with Crippen molar-refractivity contribution in [1.82, 2.24) is 10.3 Å². The number of rotatable bonds is 6. The van der Waals surface area contributed by atoms with Gasteiger partial charge in [-0.25, -0.2) is 0 Å². The molecule has 4 nitrogen and oxygen atoms in total. The molecule has 0 radical (unpaired) electrons. The molecule has 0 atom stereocenters. The largest absolute Gasteiger partial charge is 0.506 e. The lowest BCUT2D eigenvalue weighted by molar-refractivity contribution is 0.278. The molecule has 0 unspecified atom stereocenters. The number of unbranched alkanes of at least 4 members (excludes halogenated alkanes) is 1. The first-order chi connectivity index (χ1) is 8.20. The van der Waals surface area contributed by atoms with E-state index < -0.39 is 0 Å². The maximum absolute atomic E-state index is 9.87. The van der Waals surface area contributed by atoms with Crippen LogP contribution in [0.3, 0.4) is 0 Å². The normalized spacial score (nSPS) is 10.2. The summed E-state index contributed by atoms with van der Waals surface area (Å²) in [6, 6.07) is 0. The summed E-state index contributed by atoms with van der Waals surface area (Å²) < 4.78 is 0. The molecule has 0 bridgehead atoms. The third-order valence-corrected chi connectivity index (χ3v) is 2.58. The van der Waals surface area contributed by atoms with Gasteiger partial charge in [0.2, 0.25) is 0 Å². The van der Waals surface area contributed by atoms with Crippen molar-refractivity contribution in [2.24, 2.45) is 0 Å². The smallest absolute Gasteiger partial charge is 0.141 e. The van der Waals surface area contributed by atoms with Crippen LogP contribution in [0.15, 0.2) is 6.20 Å². The minimum absolute atomic E-state index is 0.123. The predicted molar refractivity (Wildman–Crippen MR) is 66.3 cm³/mol. The zero-order valence-corrected chi connectivity index (χ0v) is 10.0. The van der Waals surface area contributed by atoms with Crippen LogP contribution in [-0.2, 0) is 13.2 Å². The molecule has 1 aromatic heterocycles. The predicted octanol–water partition coefficient (Wildman–Crippen LogP) is 1.09. The van der Waals surface area contributed by atoms with Gasteiger partial charge in [-0.2, -0.15) is 0 Å². The number of aliphatic hydroxyl groups is 1. The third-order valence-electron chi connectivity index (χ3n) is 2.58. The minimum Gasteiger partial charge on any atom is -0.506 e. The maximum atomic E-state index is 9.87. The Hall–Kier alpha value is -1.57. The van der Waals surface area contributed by atoms with Gasteiger partial charge in [0.05, 0.1) is 12.3 Å². The standard InChI is InChI=1S/C13H18N2O2/c1-3-4-5-6-14-8-12-11(9-16)7-15-10(2)13(12)17/h1,7,14,16-17H,4-6,8-9H2,2H3. The average molecular weight is 234 g/mol. The molecule has 92 valence electrons. The highest BCUT2D eigenvalue weighted by Gasteiger charge is 2.10. The highest BCUT2D eigenvalue weighted by atomic mass is 16.3. The lowest BCUT2D eigenvalue weighted by Gasteiger charge is -2.12. The van der Waals surface area contributed by atoms with Crippen LogP contribution in [0.5, 0.6) is 5.75 Å². The zero-order valence-electron chi connectivity index (χ0n) is 10.0. The molecule has 0 aliphatic rings. The molecule has 3 N–H and O–H groups in total. The minimum atomic E-state index is -0.123. The molecule has 0 amide bonds. The molecule has 4 heteroatoms. The number of aryl methyl sites for hydroxylation is 1. The Kier molecular flexibility index (Phi) is 5.47. The molecule has 17 heavy (non-hydrogen) atoms. The molecular weight excluding hydrogens is 216 g/mol. The van der Waals surface area contributed by atoms with Crippen LogP contribution in [-0.4, -0.2) is 21.7 Å². The second-order valence-electron chi connectivity index (χ2n) is 3.84. The summed E-state index contributed by atoms with van der Waals surface area (Å²) in [5, 5.41) is 22.2. The van der Waals surface area contributed by atoms with Crippen molar-refractivity contribution in [3.05, 3.63) is 23.0 Å². The van der Waals surface area contributed by atoms with Gasteiger partial charge in [-0.3, -0.25) is 4.98 Å². The zero-order chi connectivity index (χ0) is 12.7.